The quantitative estimate of drug-likeness (QED) is 0.415. The average molecular weight is 438 g/mol. The Morgan fingerprint density at radius 2 is 1.82 bits per heavy atom. The van der Waals surface area contributed by atoms with Crippen LogP contribution in [0.3, 0.4) is 0 Å². The molecule has 6 rings (SSSR count). The molecule has 0 spiro atoms. The van der Waals surface area contributed by atoms with Gasteiger partial charge in [-0.1, -0.05) is 24.3 Å². The van der Waals surface area contributed by atoms with Gasteiger partial charge in [-0.25, -0.2) is 9.97 Å². The van der Waals surface area contributed by atoms with E-state index in [2.05, 4.69) is 29.0 Å². The maximum absolute atomic E-state index is 13.4. The van der Waals surface area contributed by atoms with Crippen molar-refractivity contribution < 1.29 is 0 Å². The molecular weight excluding hydrogens is 416 g/mol. The number of fused-ring (bicyclic) bond motifs is 1. The van der Waals surface area contributed by atoms with Gasteiger partial charge >= 0.3 is 0 Å². The Morgan fingerprint density at radius 1 is 1.00 bits per heavy atom. The molecule has 4 aromatic heterocycles. The second kappa shape index (κ2) is 7.47. The normalized spacial score (nSPS) is 13.8. The summed E-state index contributed by atoms with van der Waals surface area (Å²) in [5.41, 5.74) is 1.46. The van der Waals surface area contributed by atoms with Gasteiger partial charge in [-0.2, -0.15) is 4.68 Å². The van der Waals surface area contributed by atoms with Gasteiger partial charge < -0.3 is 4.57 Å². The Balaban J connectivity index is 1.54. The molecular formula is C24H22N8O. The lowest BCUT2D eigenvalue weighted by Crippen LogP contribution is -2.24. The first-order valence-corrected chi connectivity index (χ1v) is 11.0. The molecule has 0 saturated heterocycles. The van der Waals surface area contributed by atoms with E-state index < -0.39 is 0 Å². The fourth-order valence-electron chi connectivity index (χ4n) is 4.03. The first kappa shape index (κ1) is 19.5. The van der Waals surface area contributed by atoms with Crippen molar-refractivity contribution in [1.29, 1.82) is 0 Å². The van der Waals surface area contributed by atoms with Crippen LogP contribution in [0.4, 0.5) is 0 Å². The minimum absolute atomic E-state index is 0.176. The first-order chi connectivity index (χ1) is 16.1. The van der Waals surface area contributed by atoms with Gasteiger partial charge in [-0.05, 0) is 44.9 Å². The lowest BCUT2D eigenvalue weighted by molar-refractivity contribution is 0.603. The summed E-state index contributed by atoms with van der Waals surface area (Å²) in [5, 5.41) is 14.3. The van der Waals surface area contributed by atoms with Crippen LogP contribution in [-0.4, -0.2) is 39.1 Å². The zero-order valence-corrected chi connectivity index (χ0v) is 18.3. The third-order valence-electron chi connectivity index (χ3n) is 5.94. The Labute approximate surface area is 189 Å². The summed E-state index contributed by atoms with van der Waals surface area (Å²) in [6, 6.07) is 13.2. The molecule has 0 unspecified atom stereocenters. The van der Waals surface area contributed by atoms with Crippen LogP contribution in [0.15, 0.2) is 66.1 Å². The molecule has 1 aliphatic carbocycles. The first-order valence-electron chi connectivity index (χ1n) is 11.0. The number of rotatable bonds is 5. The van der Waals surface area contributed by atoms with Crippen LogP contribution in [0.25, 0.3) is 33.9 Å². The molecule has 1 aliphatic rings. The second-order valence-electron chi connectivity index (χ2n) is 8.60. The number of pyridine rings is 1. The van der Waals surface area contributed by atoms with Crippen LogP contribution in [0.2, 0.25) is 0 Å². The number of imidazole rings is 1. The predicted octanol–water partition coefficient (Wildman–Crippen LogP) is 3.68. The van der Waals surface area contributed by atoms with Gasteiger partial charge in [-0.3, -0.25) is 9.36 Å². The molecule has 33 heavy (non-hydrogen) atoms. The van der Waals surface area contributed by atoms with Crippen molar-refractivity contribution in [3.05, 3.63) is 77.4 Å². The summed E-state index contributed by atoms with van der Waals surface area (Å²) in [4.78, 5) is 22.7. The third-order valence-corrected chi connectivity index (χ3v) is 5.94. The molecule has 5 aromatic rings. The SMILES string of the molecule is CC(C)n1cnnc1-c1cccc(-n2nc(-n3cnc(C4CC4)c3)c3ccccc3c2=O)n1. The molecule has 1 aromatic carbocycles. The van der Waals surface area contributed by atoms with Crippen LogP contribution in [0.1, 0.15) is 44.3 Å². The van der Waals surface area contributed by atoms with Crippen LogP contribution >= 0.6 is 0 Å². The highest BCUT2D eigenvalue weighted by atomic mass is 16.1. The average Bonchev–Trinajstić information content (AvgIpc) is 3.35. The van der Waals surface area contributed by atoms with Crippen molar-refractivity contribution >= 4 is 10.8 Å². The molecule has 164 valence electrons. The van der Waals surface area contributed by atoms with Crippen molar-refractivity contribution in [3.8, 4) is 23.2 Å². The molecule has 1 saturated carbocycles. The predicted molar refractivity (Wildman–Crippen MR) is 124 cm³/mol. The summed E-state index contributed by atoms with van der Waals surface area (Å²) in [6.45, 7) is 4.11. The van der Waals surface area contributed by atoms with Gasteiger partial charge in [-0.15, -0.1) is 15.3 Å². The zero-order chi connectivity index (χ0) is 22.5. The summed E-state index contributed by atoms with van der Waals surface area (Å²) in [5.74, 6) is 2.23. The molecule has 0 amide bonds. The van der Waals surface area contributed by atoms with E-state index in [9.17, 15) is 4.79 Å². The molecule has 0 bridgehead atoms. The van der Waals surface area contributed by atoms with Crippen molar-refractivity contribution in [1.82, 2.24) is 39.1 Å². The van der Waals surface area contributed by atoms with E-state index in [1.807, 2.05) is 51.7 Å². The molecule has 0 N–H and O–H groups in total. The highest BCUT2D eigenvalue weighted by Gasteiger charge is 2.26. The summed E-state index contributed by atoms with van der Waals surface area (Å²) >= 11 is 0. The van der Waals surface area contributed by atoms with Crippen LogP contribution < -0.4 is 5.56 Å². The van der Waals surface area contributed by atoms with Crippen LogP contribution in [0.5, 0.6) is 0 Å². The number of aromatic nitrogens is 8. The number of hydrogen-bond donors (Lipinski definition) is 0. The Morgan fingerprint density at radius 3 is 2.61 bits per heavy atom. The van der Waals surface area contributed by atoms with Crippen molar-refractivity contribution in [2.45, 2.75) is 38.6 Å². The topological polar surface area (TPSA) is 96.3 Å². The van der Waals surface area contributed by atoms with Gasteiger partial charge in [0.05, 0.1) is 11.1 Å². The molecule has 4 heterocycles. The number of hydrogen-bond acceptors (Lipinski definition) is 6. The lowest BCUT2D eigenvalue weighted by atomic mass is 10.2. The third kappa shape index (κ3) is 3.32. The molecule has 0 atom stereocenters. The van der Waals surface area contributed by atoms with Gasteiger partial charge in [0, 0.05) is 23.5 Å². The van der Waals surface area contributed by atoms with Crippen LogP contribution in [0, 0.1) is 0 Å². The van der Waals surface area contributed by atoms with E-state index in [0.717, 1.165) is 11.1 Å². The monoisotopic (exact) mass is 438 g/mol. The van der Waals surface area contributed by atoms with E-state index >= 15 is 0 Å². The van der Waals surface area contributed by atoms with Gasteiger partial charge in [0.2, 0.25) is 0 Å². The van der Waals surface area contributed by atoms with Crippen molar-refractivity contribution in [2.75, 3.05) is 0 Å². The summed E-state index contributed by atoms with van der Waals surface area (Å²) in [7, 11) is 0. The maximum atomic E-state index is 13.4. The fourth-order valence-corrected chi connectivity index (χ4v) is 4.03. The van der Waals surface area contributed by atoms with E-state index in [1.54, 1.807) is 18.7 Å². The highest BCUT2D eigenvalue weighted by Crippen LogP contribution is 2.39. The van der Waals surface area contributed by atoms with E-state index in [-0.39, 0.29) is 11.6 Å². The summed E-state index contributed by atoms with van der Waals surface area (Å²) in [6.07, 6.45) is 7.80. The molecule has 0 aliphatic heterocycles. The zero-order valence-electron chi connectivity index (χ0n) is 18.3. The Hall–Kier alpha value is -4.14. The Bertz CT molecular complexity index is 1540. The smallest absolute Gasteiger partial charge is 0.280 e. The second-order valence-corrected chi connectivity index (χ2v) is 8.60. The fraction of sp³-hybridized carbons (Fsp3) is 0.250. The number of benzene rings is 1. The van der Waals surface area contributed by atoms with E-state index in [4.69, 9.17) is 10.1 Å². The largest absolute Gasteiger partial charge is 0.310 e. The maximum Gasteiger partial charge on any atom is 0.280 e. The van der Waals surface area contributed by atoms with Gasteiger partial charge in [0.1, 0.15) is 18.3 Å². The highest BCUT2D eigenvalue weighted by molar-refractivity contribution is 5.87. The molecule has 1 fully saturated rings. The van der Waals surface area contributed by atoms with Crippen LogP contribution in [-0.2, 0) is 0 Å². The van der Waals surface area contributed by atoms with Gasteiger partial charge in [0.25, 0.3) is 5.56 Å². The van der Waals surface area contributed by atoms with Gasteiger partial charge in [0.15, 0.2) is 17.5 Å². The number of nitrogens with zero attached hydrogens (tertiary/aromatic N) is 8. The minimum atomic E-state index is -0.230. The molecule has 0 radical (unpaired) electrons. The van der Waals surface area contributed by atoms with E-state index in [1.165, 1.54) is 17.5 Å². The summed E-state index contributed by atoms with van der Waals surface area (Å²) < 4.78 is 5.19. The van der Waals surface area contributed by atoms with Crippen molar-refractivity contribution in [2.24, 2.45) is 0 Å². The molecule has 9 nitrogen and oxygen atoms in total. The van der Waals surface area contributed by atoms with E-state index in [0.29, 0.717) is 34.5 Å². The molecule has 9 heteroatoms. The standard InChI is InChI=1S/C24H22N8O/c1-15(2)31-14-26-28-23(31)19-8-5-9-21(27-19)32-24(33)18-7-4-3-6-17(18)22(29-32)30-12-20(25-13-30)16-10-11-16/h3-9,12-16H,10-11H2,1-2H3. The lowest BCUT2D eigenvalue weighted by Gasteiger charge is -2.12. The minimum Gasteiger partial charge on any atom is -0.310 e. The van der Waals surface area contributed by atoms with Crippen molar-refractivity contribution in [3.63, 3.8) is 0 Å². The Kier molecular flexibility index (Phi) is 4.42.